The van der Waals surface area contributed by atoms with E-state index in [2.05, 4.69) is 25.3 Å². The molecule has 5 rings (SSSR count). The van der Waals surface area contributed by atoms with Gasteiger partial charge in [0.05, 0.1) is 6.04 Å². The molecule has 2 aromatic carbocycles. The van der Waals surface area contributed by atoms with Crippen LogP contribution in [0.15, 0.2) is 55.1 Å². The van der Waals surface area contributed by atoms with E-state index in [0.717, 1.165) is 17.3 Å². The van der Waals surface area contributed by atoms with E-state index in [9.17, 15) is 37.4 Å². The summed E-state index contributed by atoms with van der Waals surface area (Å²) in [6.07, 6.45) is -2.35. The SMILES string of the molecule is CC(Nc1ncnc2c(OCC3(C(=O)O)CCN(C(=O)O)CC3)cc(-c3ccc(F)cc3)cc12)c1cnc(C(F)(F)F)nc1. The summed E-state index contributed by atoms with van der Waals surface area (Å²) >= 11 is 0. The number of nitrogens with zero attached hydrogens (tertiary/aromatic N) is 5. The Morgan fingerprint density at radius 2 is 1.68 bits per heavy atom. The summed E-state index contributed by atoms with van der Waals surface area (Å²) in [4.78, 5) is 40.4. The van der Waals surface area contributed by atoms with Gasteiger partial charge in [-0.1, -0.05) is 12.1 Å². The van der Waals surface area contributed by atoms with Crippen LogP contribution in [0, 0.1) is 11.2 Å². The first-order valence-electron chi connectivity index (χ1n) is 13.4. The number of carboxylic acids is 1. The molecule has 3 heterocycles. The topological polar surface area (TPSA) is 151 Å². The van der Waals surface area contributed by atoms with Gasteiger partial charge in [-0.25, -0.2) is 29.1 Å². The van der Waals surface area contributed by atoms with Crippen LogP contribution in [0.5, 0.6) is 5.75 Å². The van der Waals surface area contributed by atoms with E-state index in [1.807, 2.05) is 0 Å². The summed E-state index contributed by atoms with van der Waals surface area (Å²) in [5.74, 6) is -2.33. The first-order chi connectivity index (χ1) is 20.9. The Morgan fingerprint density at radius 1 is 1.02 bits per heavy atom. The second-order valence-electron chi connectivity index (χ2n) is 10.4. The van der Waals surface area contributed by atoms with E-state index in [4.69, 9.17) is 4.74 Å². The maximum Gasteiger partial charge on any atom is 0.451 e. The number of anilines is 1. The largest absolute Gasteiger partial charge is 0.490 e. The summed E-state index contributed by atoms with van der Waals surface area (Å²) in [5.41, 5.74) is 0.496. The fourth-order valence-electron chi connectivity index (χ4n) is 4.93. The number of likely N-dealkylation sites (tertiary alicyclic amines) is 1. The van der Waals surface area contributed by atoms with Crippen LogP contribution in [0.4, 0.5) is 28.2 Å². The second kappa shape index (κ2) is 11.9. The van der Waals surface area contributed by atoms with E-state index in [0.29, 0.717) is 33.4 Å². The van der Waals surface area contributed by atoms with Crippen LogP contribution < -0.4 is 10.1 Å². The van der Waals surface area contributed by atoms with Gasteiger partial charge in [0, 0.05) is 36.4 Å². The number of alkyl halides is 3. The highest BCUT2D eigenvalue weighted by Crippen LogP contribution is 2.38. The predicted molar refractivity (Wildman–Crippen MR) is 148 cm³/mol. The summed E-state index contributed by atoms with van der Waals surface area (Å²) in [6.45, 7) is 1.47. The van der Waals surface area contributed by atoms with Crippen molar-refractivity contribution in [3.8, 4) is 16.9 Å². The van der Waals surface area contributed by atoms with Crippen LogP contribution in [0.25, 0.3) is 22.0 Å². The molecule has 0 bridgehead atoms. The van der Waals surface area contributed by atoms with Gasteiger partial charge in [-0.15, -0.1) is 0 Å². The molecule has 1 fully saturated rings. The van der Waals surface area contributed by atoms with Crippen LogP contribution in [0.3, 0.4) is 0 Å². The standard InChI is InChI=1S/C29H26F4N6O5/c1-16(19-12-34-25(35-13-19)29(31,32)33)38-24-21-10-18(17-2-4-20(30)5-3-17)11-22(23(21)36-15-37-24)44-14-28(26(40)41)6-8-39(9-7-28)27(42)43/h2-5,10-13,15-16H,6-9,14H2,1H3,(H,40,41)(H,42,43)(H,36,37,38). The van der Waals surface area contributed by atoms with E-state index in [-0.39, 0.29) is 38.3 Å². The molecule has 0 aliphatic carbocycles. The summed E-state index contributed by atoms with van der Waals surface area (Å²) < 4.78 is 58.6. The Bertz CT molecular complexity index is 1680. The normalized spacial score (nSPS) is 15.5. The third-order valence-electron chi connectivity index (χ3n) is 7.61. The average Bonchev–Trinajstić information content (AvgIpc) is 3.00. The van der Waals surface area contributed by atoms with Crippen molar-refractivity contribution in [1.29, 1.82) is 0 Å². The lowest BCUT2D eigenvalue weighted by atomic mass is 9.79. The molecular formula is C29H26F4N6O5. The van der Waals surface area contributed by atoms with E-state index in [1.165, 1.54) is 18.5 Å². The molecule has 1 aliphatic rings. The number of rotatable bonds is 8. The smallest absolute Gasteiger partial charge is 0.451 e. The van der Waals surface area contributed by atoms with Crippen LogP contribution >= 0.6 is 0 Å². The lowest BCUT2D eigenvalue weighted by Crippen LogP contribution is -2.49. The zero-order valence-corrected chi connectivity index (χ0v) is 23.2. The molecule has 1 aliphatic heterocycles. The maximum atomic E-state index is 13.7. The Morgan fingerprint density at radius 3 is 2.27 bits per heavy atom. The molecule has 2 aromatic heterocycles. The first kappa shape index (κ1) is 30.4. The first-order valence-corrected chi connectivity index (χ1v) is 13.4. The van der Waals surface area contributed by atoms with Crippen molar-refractivity contribution in [2.75, 3.05) is 25.0 Å². The van der Waals surface area contributed by atoms with Gasteiger partial charge in [0.25, 0.3) is 0 Å². The van der Waals surface area contributed by atoms with Crippen molar-refractivity contribution >= 4 is 28.8 Å². The Kier molecular flexibility index (Phi) is 8.21. The number of amides is 1. The Hall–Kier alpha value is -5.08. The van der Waals surface area contributed by atoms with Gasteiger partial charge in [0.15, 0.2) is 0 Å². The van der Waals surface area contributed by atoms with Crippen molar-refractivity contribution in [2.45, 2.75) is 32.0 Å². The van der Waals surface area contributed by atoms with Gasteiger partial charge in [-0.3, -0.25) is 4.79 Å². The molecule has 11 nitrogen and oxygen atoms in total. The second-order valence-corrected chi connectivity index (χ2v) is 10.4. The van der Waals surface area contributed by atoms with Crippen molar-refractivity contribution in [2.24, 2.45) is 5.41 Å². The highest BCUT2D eigenvalue weighted by atomic mass is 19.4. The minimum Gasteiger partial charge on any atom is -0.490 e. The predicted octanol–water partition coefficient (Wildman–Crippen LogP) is 5.64. The van der Waals surface area contributed by atoms with Crippen LogP contribution in [0.1, 0.15) is 37.2 Å². The number of aliphatic carboxylic acids is 1. The Balaban J connectivity index is 1.50. The number of halogens is 4. The van der Waals surface area contributed by atoms with Crippen molar-refractivity contribution in [3.05, 3.63) is 72.3 Å². The number of carbonyl (C=O) groups is 2. The van der Waals surface area contributed by atoms with Gasteiger partial charge >= 0.3 is 18.2 Å². The lowest BCUT2D eigenvalue weighted by Gasteiger charge is -2.37. The van der Waals surface area contributed by atoms with Crippen molar-refractivity contribution < 1.29 is 42.1 Å². The van der Waals surface area contributed by atoms with Crippen LogP contribution in [-0.2, 0) is 11.0 Å². The number of carboxylic acid groups (broad SMARTS) is 2. The van der Waals surface area contributed by atoms with E-state index >= 15 is 0 Å². The summed E-state index contributed by atoms with van der Waals surface area (Å²) in [5, 5.41) is 23.0. The molecule has 4 aromatic rings. The molecular weight excluding hydrogens is 588 g/mol. The molecule has 44 heavy (non-hydrogen) atoms. The molecule has 1 atom stereocenters. The highest BCUT2D eigenvalue weighted by molar-refractivity contribution is 5.96. The number of hydrogen-bond acceptors (Lipinski definition) is 8. The quantitative estimate of drug-likeness (QED) is 0.213. The zero-order valence-electron chi connectivity index (χ0n) is 23.2. The number of hydrogen-bond donors (Lipinski definition) is 3. The Labute approximate surface area is 247 Å². The minimum absolute atomic E-state index is 0.0309. The fraction of sp³-hybridized carbons (Fsp3) is 0.310. The summed E-state index contributed by atoms with van der Waals surface area (Å²) in [6, 6.07) is 8.45. The molecule has 0 radical (unpaired) electrons. The summed E-state index contributed by atoms with van der Waals surface area (Å²) in [7, 11) is 0. The fourth-order valence-corrected chi connectivity index (χ4v) is 4.93. The van der Waals surface area contributed by atoms with Gasteiger partial charge in [-0.05, 0) is 55.2 Å². The molecule has 15 heteroatoms. The van der Waals surface area contributed by atoms with Gasteiger partial charge in [0.1, 0.15) is 41.3 Å². The van der Waals surface area contributed by atoms with E-state index < -0.39 is 41.3 Å². The third-order valence-corrected chi connectivity index (χ3v) is 7.61. The molecule has 3 N–H and O–H groups in total. The van der Waals surface area contributed by atoms with Gasteiger partial charge < -0.3 is 25.2 Å². The molecule has 0 saturated carbocycles. The maximum absolute atomic E-state index is 13.7. The van der Waals surface area contributed by atoms with Gasteiger partial charge in [-0.2, -0.15) is 13.2 Å². The number of nitrogens with one attached hydrogen (secondary N) is 1. The average molecular weight is 615 g/mol. The van der Waals surface area contributed by atoms with Crippen molar-refractivity contribution in [1.82, 2.24) is 24.8 Å². The molecule has 230 valence electrons. The number of piperidine rings is 1. The van der Waals surface area contributed by atoms with Gasteiger partial charge in [0.2, 0.25) is 5.82 Å². The third kappa shape index (κ3) is 6.31. The van der Waals surface area contributed by atoms with Crippen LogP contribution in [-0.4, -0.2) is 66.8 Å². The minimum atomic E-state index is -4.68. The molecule has 0 spiro atoms. The number of fused-ring (bicyclic) bond motifs is 1. The lowest BCUT2D eigenvalue weighted by molar-refractivity contribution is -0.154. The van der Waals surface area contributed by atoms with E-state index in [1.54, 1.807) is 31.2 Å². The highest BCUT2D eigenvalue weighted by Gasteiger charge is 2.43. The number of ether oxygens (including phenoxy) is 1. The zero-order chi connectivity index (χ0) is 31.6. The monoisotopic (exact) mass is 614 g/mol. The van der Waals surface area contributed by atoms with Crippen molar-refractivity contribution in [3.63, 3.8) is 0 Å². The molecule has 1 amide bonds. The number of aromatic nitrogens is 4. The molecule has 1 unspecified atom stereocenters. The number of benzene rings is 2. The molecule has 1 saturated heterocycles. The van der Waals surface area contributed by atoms with Crippen LogP contribution in [0.2, 0.25) is 0 Å².